The molecule has 0 heterocycles. The van der Waals surface area contributed by atoms with Crippen LogP contribution in [-0.4, -0.2) is 14.8 Å². The van der Waals surface area contributed by atoms with Crippen LogP contribution in [0.5, 0.6) is 0 Å². The smallest absolute Gasteiger partial charge is 0.333 e. The van der Waals surface area contributed by atoms with E-state index >= 15 is 0 Å². The second kappa shape index (κ2) is 12.9. The number of urea groups is 1. The number of hydrogen-bond acceptors (Lipinski definition) is 2. The number of rotatable bonds is 13. The van der Waals surface area contributed by atoms with Gasteiger partial charge in [0, 0.05) is 0 Å². The van der Waals surface area contributed by atoms with E-state index < -0.39 is 17.3 Å². The van der Waals surface area contributed by atoms with Crippen molar-refractivity contribution >= 4 is 23.0 Å². The maximum absolute atomic E-state index is 11.2. The third-order valence-electron chi connectivity index (χ3n) is 4.35. The van der Waals surface area contributed by atoms with E-state index in [4.69, 9.17) is 10.3 Å². The summed E-state index contributed by atoms with van der Waals surface area (Å²) in [5.41, 5.74) is 6.61. The van der Waals surface area contributed by atoms with Gasteiger partial charge in [0.25, 0.3) is 11.3 Å². The molecule has 0 radical (unpaired) electrons. The molecule has 5 nitrogen and oxygen atoms in total. The van der Waals surface area contributed by atoms with Crippen molar-refractivity contribution in [1.82, 2.24) is 0 Å². The average Bonchev–Trinajstić information content (AvgIpc) is 2.57. The highest BCUT2D eigenvalue weighted by Crippen LogP contribution is 2.18. The molecule has 1 unspecified atom stereocenters. The number of aryl methyl sites for hydroxylation is 1. The Kier molecular flexibility index (Phi) is 11.2. The Morgan fingerprint density at radius 3 is 1.88 bits per heavy atom. The van der Waals surface area contributed by atoms with Crippen LogP contribution in [0.1, 0.15) is 76.7 Å². The van der Waals surface area contributed by atoms with Crippen molar-refractivity contribution in [3.05, 3.63) is 29.8 Å². The van der Waals surface area contributed by atoms with E-state index in [1.54, 1.807) is 12.1 Å². The first-order chi connectivity index (χ1) is 12.1. The Hall–Kier alpha value is -1.40. The molecular formula is C19H32N2O3S. The molecule has 0 aliphatic heterocycles. The van der Waals surface area contributed by atoms with Crippen LogP contribution in [0, 0.1) is 0 Å². The van der Waals surface area contributed by atoms with E-state index in [0.717, 1.165) is 18.4 Å². The minimum atomic E-state index is -2.45. The fraction of sp³-hybridized carbons (Fsp3) is 0.632. The lowest BCUT2D eigenvalue weighted by molar-refractivity contribution is 0.256. The van der Waals surface area contributed by atoms with Crippen molar-refractivity contribution in [2.45, 2.75) is 77.6 Å². The maximum atomic E-state index is 11.2. The number of primary amides is 1. The molecular weight excluding hydrogens is 336 g/mol. The summed E-state index contributed by atoms with van der Waals surface area (Å²) >= 11 is -2.45. The number of nitrogens with zero attached hydrogens (tertiary/aromatic N) is 1. The van der Waals surface area contributed by atoms with Crippen LogP contribution in [0.3, 0.4) is 0 Å². The highest BCUT2D eigenvalue weighted by Gasteiger charge is 2.17. The standard InChI is InChI=1S/C19H32N2O3S/c1-2-3-4-5-6-7-8-9-10-11-12-17-13-15-18(16-14-17)21(19(20)22)25(23)24/h13-16H,2-12H2,1H3,(H2,20,22)(H,23,24). The topological polar surface area (TPSA) is 83.6 Å². The van der Waals surface area contributed by atoms with Crippen LogP contribution >= 0.6 is 0 Å². The Labute approximate surface area is 154 Å². The lowest BCUT2D eigenvalue weighted by Gasteiger charge is -2.15. The van der Waals surface area contributed by atoms with Gasteiger partial charge >= 0.3 is 6.03 Å². The van der Waals surface area contributed by atoms with Gasteiger partial charge in [-0.3, -0.25) is 4.55 Å². The van der Waals surface area contributed by atoms with Gasteiger partial charge < -0.3 is 5.73 Å². The molecule has 1 aromatic carbocycles. The Balaban J connectivity index is 2.20. The minimum absolute atomic E-state index is 0.333. The molecule has 1 rings (SSSR count). The molecule has 6 heteroatoms. The zero-order chi connectivity index (χ0) is 18.5. The largest absolute Gasteiger partial charge is 0.350 e. The summed E-state index contributed by atoms with van der Waals surface area (Å²) in [5.74, 6) is 0. The van der Waals surface area contributed by atoms with E-state index in [0.29, 0.717) is 9.99 Å². The molecule has 1 atom stereocenters. The number of hydrogen-bond donors (Lipinski definition) is 2. The van der Waals surface area contributed by atoms with Gasteiger partial charge in [0.15, 0.2) is 0 Å². The second-order valence-electron chi connectivity index (χ2n) is 6.46. The van der Waals surface area contributed by atoms with E-state index in [1.807, 2.05) is 12.1 Å². The highest BCUT2D eigenvalue weighted by atomic mass is 32.2. The molecule has 2 amide bonds. The van der Waals surface area contributed by atoms with Crippen molar-refractivity contribution in [2.24, 2.45) is 5.73 Å². The van der Waals surface area contributed by atoms with Crippen LogP contribution < -0.4 is 10.0 Å². The molecule has 25 heavy (non-hydrogen) atoms. The molecule has 0 saturated heterocycles. The Morgan fingerprint density at radius 2 is 1.44 bits per heavy atom. The molecule has 1 aromatic rings. The van der Waals surface area contributed by atoms with Crippen LogP contribution in [0.25, 0.3) is 0 Å². The zero-order valence-electron chi connectivity index (χ0n) is 15.3. The van der Waals surface area contributed by atoms with Gasteiger partial charge in [0.1, 0.15) is 0 Å². The molecule has 0 aromatic heterocycles. The first-order valence-electron chi connectivity index (χ1n) is 9.35. The number of carbonyl (C=O) groups excluding carboxylic acids is 1. The fourth-order valence-electron chi connectivity index (χ4n) is 2.91. The average molecular weight is 369 g/mol. The van der Waals surface area contributed by atoms with Gasteiger partial charge in [0.05, 0.1) is 5.69 Å². The molecule has 0 aliphatic carbocycles. The van der Waals surface area contributed by atoms with Gasteiger partial charge in [-0.25, -0.2) is 9.00 Å². The number of carbonyl (C=O) groups is 1. The third kappa shape index (κ3) is 9.02. The molecule has 3 N–H and O–H groups in total. The Morgan fingerprint density at radius 1 is 0.960 bits per heavy atom. The van der Waals surface area contributed by atoms with E-state index in [2.05, 4.69) is 6.92 Å². The van der Waals surface area contributed by atoms with Crippen LogP contribution in [0.4, 0.5) is 10.5 Å². The predicted octanol–water partition coefficient (Wildman–Crippen LogP) is 5.17. The summed E-state index contributed by atoms with van der Waals surface area (Å²) in [6.45, 7) is 2.24. The Bertz CT molecular complexity index is 506. The quantitative estimate of drug-likeness (QED) is 0.372. The van der Waals surface area contributed by atoms with Crippen LogP contribution in [0.15, 0.2) is 24.3 Å². The zero-order valence-corrected chi connectivity index (χ0v) is 16.1. The summed E-state index contributed by atoms with van der Waals surface area (Å²) < 4.78 is 20.9. The lowest BCUT2D eigenvalue weighted by atomic mass is 10.0. The number of benzene rings is 1. The summed E-state index contributed by atoms with van der Waals surface area (Å²) in [6, 6.07) is 6.13. The summed E-state index contributed by atoms with van der Waals surface area (Å²) in [5, 5.41) is 0. The van der Waals surface area contributed by atoms with Crippen molar-refractivity contribution in [3.8, 4) is 0 Å². The maximum Gasteiger partial charge on any atom is 0.333 e. The second-order valence-corrected chi connectivity index (χ2v) is 7.29. The normalized spacial score (nSPS) is 12.1. The van der Waals surface area contributed by atoms with Gasteiger partial charge in [0.2, 0.25) is 0 Å². The number of nitrogens with two attached hydrogens (primary N) is 1. The van der Waals surface area contributed by atoms with Gasteiger partial charge in [-0.2, -0.15) is 4.31 Å². The highest BCUT2D eigenvalue weighted by molar-refractivity contribution is 7.81. The predicted molar refractivity (Wildman–Crippen MR) is 105 cm³/mol. The minimum Gasteiger partial charge on any atom is -0.350 e. The van der Waals surface area contributed by atoms with Crippen LogP contribution in [-0.2, 0) is 17.7 Å². The van der Waals surface area contributed by atoms with Crippen LogP contribution in [0.2, 0.25) is 0 Å². The van der Waals surface area contributed by atoms with E-state index in [-0.39, 0.29) is 0 Å². The first kappa shape index (κ1) is 21.6. The summed E-state index contributed by atoms with van der Waals surface area (Å²) in [7, 11) is 0. The number of amides is 2. The van der Waals surface area contributed by atoms with Gasteiger partial charge in [-0.1, -0.05) is 76.8 Å². The van der Waals surface area contributed by atoms with Gasteiger partial charge in [-0.15, -0.1) is 0 Å². The fourth-order valence-corrected chi connectivity index (χ4v) is 3.36. The molecule has 0 bridgehead atoms. The number of unbranched alkanes of at least 4 members (excludes halogenated alkanes) is 9. The molecule has 0 aliphatic rings. The number of anilines is 1. The van der Waals surface area contributed by atoms with Crippen molar-refractivity contribution in [3.63, 3.8) is 0 Å². The van der Waals surface area contributed by atoms with Crippen molar-refractivity contribution in [2.75, 3.05) is 4.31 Å². The van der Waals surface area contributed by atoms with Crippen molar-refractivity contribution in [1.29, 1.82) is 0 Å². The third-order valence-corrected chi connectivity index (χ3v) is 5.05. The summed E-state index contributed by atoms with van der Waals surface area (Å²) in [4.78, 5) is 11.2. The molecule has 0 saturated carbocycles. The summed E-state index contributed by atoms with van der Waals surface area (Å²) in [6.07, 6.45) is 14.1. The monoisotopic (exact) mass is 368 g/mol. The van der Waals surface area contributed by atoms with Gasteiger partial charge in [-0.05, 0) is 30.5 Å². The lowest BCUT2D eigenvalue weighted by Crippen LogP contribution is -2.36. The van der Waals surface area contributed by atoms with E-state index in [9.17, 15) is 9.00 Å². The first-order valence-corrected chi connectivity index (χ1v) is 10.4. The molecule has 142 valence electrons. The molecule has 0 spiro atoms. The SMILES string of the molecule is CCCCCCCCCCCCc1ccc(N(C(N)=O)S(=O)O)cc1. The van der Waals surface area contributed by atoms with E-state index in [1.165, 1.54) is 57.8 Å². The molecule has 0 fully saturated rings. The van der Waals surface area contributed by atoms with Crippen molar-refractivity contribution < 1.29 is 13.6 Å².